The SMILES string of the molecule is CCc1c(C)nc(Oc2ccc(F)cc2)n1CC. The summed E-state index contributed by atoms with van der Waals surface area (Å²) in [4.78, 5) is 4.42. The molecule has 18 heavy (non-hydrogen) atoms. The van der Waals surface area contributed by atoms with Crippen LogP contribution in [0.5, 0.6) is 11.8 Å². The van der Waals surface area contributed by atoms with Gasteiger partial charge in [0.15, 0.2) is 0 Å². The average molecular weight is 248 g/mol. The van der Waals surface area contributed by atoms with Crippen molar-refractivity contribution in [2.75, 3.05) is 0 Å². The van der Waals surface area contributed by atoms with Crippen molar-refractivity contribution in [1.82, 2.24) is 9.55 Å². The number of imidazole rings is 1. The van der Waals surface area contributed by atoms with Crippen LogP contribution in [0.2, 0.25) is 0 Å². The number of benzene rings is 1. The number of rotatable bonds is 4. The fourth-order valence-corrected chi connectivity index (χ4v) is 2.04. The van der Waals surface area contributed by atoms with E-state index in [9.17, 15) is 4.39 Å². The maximum Gasteiger partial charge on any atom is 0.302 e. The van der Waals surface area contributed by atoms with Crippen LogP contribution in [-0.4, -0.2) is 9.55 Å². The highest BCUT2D eigenvalue weighted by Crippen LogP contribution is 2.24. The van der Waals surface area contributed by atoms with E-state index in [-0.39, 0.29) is 5.82 Å². The third-order valence-corrected chi connectivity index (χ3v) is 2.91. The third kappa shape index (κ3) is 2.37. The molecule has 1 aromatic carbocycles. The van der Waals surface area contributed by atoms with Crippen molar-refractivity contribution in [2.24, 2.45) is 0 Å². The Morgan fingerprint density at radius 2 is 1.89 bits per heavy atom. The van der Waals surface area contributed by atoms with Gasteiger partial charge in [-0.2, -0.15) is 4.98 Å². The van der Waals surface area contributed by atoms with Crippen molar-refractivity contribution in [1.29, 1.82) is 0 Å². The van der Waals surface area contributed by atoms with E-state index in [1.54, 1.807) is 12.1 Å². The second-order valence-corrected chi connectivity index (χ2v) is 4.08. The zero-order valence-corrected chi connectivity index (χ0v) is 10.9. The first-order valence-corrected chi connectivity index (χ1v) is 6.15. The zero-order valence-electron chi connectivity index (χ0n) is 10.9. The molecule has 2 rings (SSSR count). The van der Waals surface area contributed by atoms with Gasteiger partial charge in [-0.3, -0.25) is 4.57 Å². The van der Waals surface area contributed by atoms with Crippen LogP contribution in [0.15, 0.2) is 24.3 Å². The second kappa shape index (κ2) is 5.21. The van der Waals surface area contributed by atoms with Gasteiger partial charge in [-0.1, -0.05) is 6.92 Å². The predicted molar refractivity (Wildman–Crippen MR) is 68.5 cm³/mol. The van der Waals surface area contributed by atoms with Crippen LogP contribution < -0.4 is 4.74 Å². The maximum atomic E-state index is 12.8. The van der Waals surface area contributed by atoms with Gasteiger partial charge in [-0.05, 0) is 44.5 Å². The highest BCUT2D eigenvalue weighted by atomic mass is 19.1. The standard InChI is InChI=1S/C14H17FN2O/c1-4-13-10(3)16-14(17(13)5-2)18-12-8-6-11(15)7-9-12/h6-9H,4-5H2,1-3H3. The Morgan fingerprint density at radius 3 is 2.44 bits per heavy atom. The molecule has 0 saturated carbocycles. The number of hydrogen-bond donors (Lipinski definition) is 0. The van der Waals surface area contributed by atoms with Gasteiger partial charge < -0.3 is 4.74 Å². The van der Waals surface area contributed by atoms with E-state index in [2.05, 4.69) is 18.8 Å². The highest BCUT2D eigenvalue weighted by Gasteiger charge is 2.13. The molecule has 0 spiro atoms. The van der Waals surface area contributed by atoms with Crippen molar-refractivity contribution in [3.63, 3.8) is 0 Å². The van der Waals surface area contributed by atoms with Crippen LogP contribution in [0.4, 0.5) is 4.39 Å². The summed E-state index contributed by atoms with van der Waals surface area (Å²) in [6.07, 6.45) is 0.916. The highest BCUT2D eigenvalue weighted by molar-refractivity contribution is 5.27. The average Bonchev–Trinajstić information content (AvgIpc) is 2.67. The van der Waals surface area contributed by atoms with Crippen LogP contribution in [-0.2, 0) is 13.0 Å². The molecule has 0 fully saturated rings. The molecular formula is C14H17FN2O. The number of halogens is 1. The number of nitrogens with zero attached hydrogens (tertiary/aromatic N) is 2. The van der Waals surface area contributed by atoms with Gasteiger partial charge in [-0.25, -0.2) is 4.39 Å². The summed E-state index contributed by atoms with van der Waals surface area (Å²) in [6.45, 7) is 6.93. The fraction of sp³-hybridized carbons (Fsp3) is 0.357. The van der Waals surface area contributed by atoms with E-state index < -0.39 is 0 Å². The van der Waals surface area contributed by atoms with E-state index in [1.807, 2.05) is 11.5 Å². The summed E-state index contributed by atoms with van der Waals surface area (Å²) >= 11 is 0. The minimum atomic E-state index is -0.272. The Labute approximate surface area is 106 Å². The molecule has 3 nitrogen and oxygen atoms in total. The predicted octanol–water partition coefficient (Wildman–Crippen LogP) is 3.71. The minimum Gasteiger partial charge on any atom is -0.426 e. The Kier molecular flexibility index (Phi) is 3.65. The molecule has 0 amide bonds. The van der Waals surface area contributed by atoms with E-state index in [0.717, 1.165) is 18.7 Å². The van der Waals surface area contributed by atoms with Gasteiger partial charge in [0.1, 0.15) is 11.6 Å². The summed E-state index contributed by atoms with van der Waals surface area (Å²) in [5.74, 6) is 0.324. The summed E-state index contributed by atoms with van der Waals surface area (Å²) in [5.41, 5.74) is 2.16. The zero-order chi connectivity index (χ0) is 13.1. The Bertz CT molecular complexity index is 531. The molecule has 4 heteroatoms. The summed E-state index contributed by atoms with van der Waals surface area (Å²) in [6, 6.07) is 6.53. The normalized spacial score (nSPS) is 10.7. The molecular weight excluding hydrogens is 231 g/mol. The fourth-order valence-electron chi connectivity index (χ4n) is 2.04. The lowest BCUT2D eigenvalue weighted by atomic mass is 10.3. The van der Waals surface area contributed by atoms with Gasteiger partial charge in [0.05, 0.1) is 5.69 Å². The molecule has 0 radical (unpaired) electrons. The molecule has 0 aliphatic carbocycles. The lowest BCUT2D eigenvalue weighted by Gasteiger charge is -2.09. The van der Waals surface area contributed by atoms with Crippen LogP contribution in [0, 0.1) is 12.7 Å². The largest absolute Gasteiger partial charge is 0.426 e. The number of aryl methyl sites for hydroxylation is 1. The van der Waals surface area contributed by atoms with E-state index in [0.29, 0.717) is 11.8 Å². The first-order chi connectivity index (χ1) is 8.65. The van der Waals surface area contributed by atoms with Crippen molar-refractivity contribution in [3.05, 3.63) is 41.5 Å². The monoisotopic (exact) mass is 248 g/mol. The molecule has 2 aromatic rings. The van der Waals surface area contributed by atoms with E-state index in [1.165, 1.54) is 17.8 Å². The van der Waals surface area contributed by atoms with Gasteiger partial charge in [0.25, 0.3) is 0 Å². The Hall–Kier alpha value is -1.84. The first kappa shape index (κ1) is 12.6. The molecule has 0 aliphatic rings. The van der Waals surface area contributed by atoms with Gasteiger partial charge in [-0.15, -0.1) is 0 Å². The molecule has 0 N–H and O–H groups in total. The Morgan fingerprint density at radius 1 is 1.22 bits per heavy atom. The molecule has 96 valence electrons. The van der Waals surface area contributed by atoms with Gasteiger partial charge >= 0.3 is 6.01 Å². The number of ether oxygens (including phenoxy) is 1. The molecule has 0 bridgehead atoms. The van der Waals surface area contributed by atoms with Gasteiger partial charge in [0.2, 0.25) is 0 Å². The summed E-state index contributed by atoms with van der Waals surface area (Å²) in [5, 5.41) is 0. The van der Waals surface area contributed by atoms with E-state index >= 15 is 0 Å². The van der Waals surface area contributed by atoms with Gasteiger partial charge in [0, 0.05) is 12.2 Å². The van der Waals surface area contributed by atoms with Crippen molar-refractivity contribution < 1.29 is 9.13 Å². The quantitative estimate of drug-likeness (QED) is 0.824. The lowest BCUT2D eigenvalue weighted by molar-refractivity contribution is 0.411. The topological polar surface area (TPSA) is 27.1 Å². The molecule has 0 unspecified atom stereocenters. The molecule has 1 heterocycles. The summed E-state index contributed by atoms with van der Waals surface area (Å²) in [7, 11) is 0. The molecule has 0 saturated heterocycles. The van der Waals surface area contributed by atoms with Crippen LogP contribution in [0.1, 0.15) is 25.2 Å². The molecule has 1 aromatic heterocycles. The third-order valence-electron chi connectivity index (χ3n) is 2.91. The maximum absolute atomic E-state index is 12.8. The molecule has 0 aliphatic heterocycles. The molecule has 0 atom stereocenters. The lowest BCUT2D eigenvalue weighted by Crippen LogP contribution is -2.02. The Balaban J connectivity index is 2.31. The number of hydrogen-bond acceptors (Lipinski definition) is 2. The minimum absolute atomic E-state index is 0.272. The summed E-state index contributed by atoms with van der Waals surface area (Å²) < 4.78 is 20.6. The van der Waals surface area contributed by atoms with Crippen LogP contribution >= 0.6 is 0 Å². The smallest absolute Gasteiger partial charge is 0.302 e. The van der Waals surface area contributed by atoms with Crippen LogP contribution in [0.3, 0.4) is 0 Å². The first-order valence-electron chi connectivity index (χ1n) is 6.15. The van der Waals surface area contributed by atoms with Crippen molar-refractivity contribution in [2.45, 2.75) is 33.7 Å². The number of aromatic nitrogens is 2. The van der Waals surface area contributed by atoms with Crippen molar-refractivity contribution in [3.8, 4) is 11.8 Å². The second-order valence-electron chi connectivity index (χ2n) is 4.08. The van der Waals surface area contributed by atoms with Crippen LogP contribution in [0.25, 0.3) is 0 Å². The van der Waals surface area contributed by atoms with E-state index in [4.69, 9.17) is 4.74 Å². The van der Waals surface area contributed by atoms with Crippen molar-refractivity contribution >= 4 is 0 Å².